The van der Waals surface area contributed by atoms with Crippen LogP contribution in [-0.2, 0) is 0 Å². The quantitative estimate of drug-likeness (QED) is 0.867. The van der Waals surface area contributed by atoms with Gasteiger partial charge in [-0.05, 0) is 45.4 Å². The maximum atomic E-state index is 13.5. The number of hydrogen-bond acceptors (Lipinski definition) is 2. The second-order valence-electron chi connectivity index (χ2n) is 4.96. The first-order chi connectivity index (χ1) is 8.26. The van der Waals surface area contributed by atoms with Crippen LogP contribution >= 0.6 is 0 Å². The van der Waals surface area contributed by atoms with Crippen LogP contribution in [0.1, 0.15) is 36.2 Å². The fourth-order valence-electron chi connectivity index (χ4n) is 1.63. The molecule has 0 saturated carbocycles. The first-order valence-corrected chi connectivity index (χ1v) is 5.75. The number of hydrogen-bond donors (Lipinski definition) is 2. The van der Waals surface area contributed by atoms with E-state index in [4.69, 9.17) is 5.73 Å². The molecule has 3 nitrogen and oxygen atoms in total. The molecule has 5 heteroatoms. The van der Waals surface area contributed by atoms with Gasteiger partial charge in [0.15, 0.2) is 0 Å². The molecule has 0 spiro atoms. The van der Waals surface area contributed by atoms with Gasteiger partial charge >= 0.3 is 0 Å². The Bertz CT molecular complexity index is 459. The summed E-state index contributed by atoms with van der Waals surface area (Å²) >= 11 is 0. The van der Waals surface area contributed by atoms with E-state index in [0.717, 1.165) is 6.07 Å². The van der Waals surface area contributed by atoms with Crippen molar-refractivity contribution >= 4 is 5.91 Å². The Morgan fingerprint density at radius 1 is 1.33 bits per heavy atom. The van der Waals surface area contributed by atoms with E-state index in [-0.39, 0.29) is 11.1 Å². The largest absolute Gasteiger partial charge is 0.347 e. The molecule has 0 atom stereocenters. The summed E-state index contributed by atoms with van der Waals surface area (Å²) in [6, 6.07) is 1.93. The van der Waals surface area contributed by atoms with Gasteiger partial charge < -0.3 is 11.1 Å². The lowest BCUT2D eigenvalue weighted by atomic mass is 9.99. The smallest absolute Gasteiger partial charge is 0.254 e. The van der Waals surface area contributed by atoms with Crippen molar-refractivity contribution < 1.29 is 13.6 Å². The van der Waals surface area contributed by atoms with Gasteiger partial charge in [-0.15, -0.1) is 0 Å². The van der Waals surface area contributed by atoms with Gasteiger partial charge in [-0.2, -0.15) is 0 Å². The van der Waals surface area contributed by atoms with Crippen LogP contribution in [0.25, 0.3) is 0 Å². The Balaban J connectivity index is 2.95. The monoisotopic (exact) mass is 256 g/mol. The highest BCUT2D eigenvalue weighted by Crippen LogP contribution is 2.16. The number of benzene rings is 1. The molecular formula is C13H18F2N2O. The van der Waals surface area contributed by atoms with Crippen molar-refractivity contribution in [2.24, 2.45) is 5.73 Å². The molecular weight excluding hydrogens is 238 g/mol. The molecule has 0 fully saturated rings. The predicted octanol–water partition coefficient (Wildman–Crippen LogP) is 2.13. The van der Waals surface area contributed by atoms with Crippen molar-refractivity contribution in [3.05, 3.63) is 34.9 Å². The number of halogens is 2. The Kier molecular flexibility index (Phi) is 4.40. The van der Waals surface area contributed by atoms with Gasteiger partial charge in [-0.1, -0.05) is 0 Å². The molecule has 1 rings (SSSR count). The molecule has 0 aliphatic heterocycles. The number of nitrogens with two attached hydrogens (primary N) is 1. The third kappa shape index (κ3) is 3.50. The standard InChI is InChI=1S/C13H18F2N2O/c1-8-6-9(11(15)7-10(8)14)12(18)17-13(2,3)4-5-16/h6-7H,4-5,16H2,1-3H3,(H,17,18). The molecule has 0 unspecified atom stereocenters. The van der Waals surface area contributed by atoms with Gasteiger partial charge in [0.25, 0.3) is 5.91 Å². The summed E-state index contributed by atoms with van der Waals surface area (Å²) in [6.45, 7) is 5.49. The fourth-order valence-corrected chi connectivity index (χ4v) is 1.63. The molecule has 0 aromatic heterocycles. The first kappa shape index (κ1) is 14.6. The Hall–Kier alpha value is -1.49. The number of carbonyl (C=O) groups is 1. The van der Waals surface area contributed by atoms with Crippen molar-refractivity contribution in [2.75, 3.05) is 6.54 Å². The van der Waals surface area contributed by atoms with E-state index in [0.29, 0.717) is 13.0 Å². The molecule has 1 aromatic rings. The fraction of sp³-hybridized carbons (Fsp3) is 0.462. The molecule has 0 saturated heterocycles. The third-order valence-electron chi connectivity index (χ3n) is 2.71. The number of aryl methyl sites for hydroxylation is 1. The zero-order valence-electron chi connectivity index (χ0n) is 10.8. The highest BCUT2D eigenvalue weighted by molar-refractivity contribution is 5.95. The van der Waals surface area contributed by atoms with Crippen LogP contribution in [-0.4, -0.2) is 18.0 Å². The molecule has 3 N–H and O–H groups in total. The van der Waals surface area contributed by atoms with Crippen LogP contribution in [0.15, 0.2) is 12.1 Å². The summed E-state index contributed by atoms with van der Waals surface area (Å²) in [5.41, 5.74) is 4.98. The average molecular weight is 256 g/mol. The van der Waals surface area contributed by atoms with Crippen LogP contribution in [0.3, 0.4) is 0 Å². The summed E-state index contributed by atoms with van der Waals surface area (Å²) in [5, 5.41) is 2.68. The van der Waals surface area contributed by atoms with Crippen LogP contribution in [0.5, 0.6) is 0 Å². The van der Waals surface area contributed by atoms with Crippen molar-refractivity contribution in [3.63, 3.8) is 0 Å². The topological polar surface area (TPSA) is 55.1 Å². The summed E-state index contributed by atoms with van der Waals surface area (Å²) in [7, 11) is 0. The van der Waals surface area contributed by atoms with Crippen LogP contribution in [0, 0.1) is 18.6 Å². The van der Waals surface area contributed by atoms with Crippen molar-refractivity contribution in [1.29, 1.82) is 0 Å². The molecule has 1 amide bonds. The Labute approximate surface area is 105 Å². The molecule has 18 heavy (non-hydrogen) atoms. The average Bonchev–Trinajstić information content (AvgIpc) is 2.22. The summed E-state index contributed by atoms with van der Waals surface area (Å²) in [4.78, 5) is 11.9. The maximum absolute atomic E-state index is 13.5. The minimum absolute atomic E-state index is 0.154. The number of rotatable bonds is 4. The van der Waals surface area contributed by atoms with Gasteiger partial charge in [-0.3, -0.25) is 4.79 Å². The van der Waals surface area contributed by atoms with Gasteiger partial charge in [-0.25, -0.2) is 8.78 Å². The first-order valence-electron chi connectivity index (χ1n) is 5.75. The zero-order valence-corrected chi connectivity index (χ0v) is 10.8. The van der Waals surface area contributed by atoms with E-state index >= 15 is 0 Å². The van der Waals surface area contributed by atoms with Gasteiger partial charge in [0, 0.05) is 11.6 Å². The maximum Gasteiger partial charge on any atom is 0.254 e. The van der Waals surface area contributed by atoms with Gasteiger partial charge in [0.2, 0.25) is 0 Å². The summed E-state index contributed by atoms with van der Waals surface area (Å²) in [5.74, 6) is -2.08. The molecule has 0 radical (unpaired) electrons. The van der Waals surface area contributed by atoms with Crippen molar-refractivity contribution in [1.82, 2.24) is 5.32 Å². The molecule has 0 heterocycles. The summed E-state index contributed by atoms with van der Waals surface area (Å²) < 4.78 is 26.6. The Morgan fingerprint density at radius 3 is 2.50 bits per heavy atom. The number of carbonyl (C=O) groups excluding carboxylic acids is 1. The van der Waals surface area contributed by atoms with E-state index in [1.807, 2.05) is 0 Å². The lowest BCUT2D eigenvalue weighted by molar-refractivity contribution is 0.0906. The van der Waals surface area contributed by atoms with Crippen molar-refractivity contribution in [2.45, 2.75) is 32.7 Å². The minimum atomic E-state index is -0.862. The molecule has 0 bridgehead atoms. The van der Waals surface area contributed by atoms with Gasteiger partial charge in [0.1, 0.15) is 11.6 Å². The normalized spacial score (nSPS) is 11.4. The lowest BCUT2D eigenvalue weighted by Crippen LogP contribution is -2.45. The highest BCUT2D eigenvalue weighted by Gasteiger charge is 2.22. The van der Waals surface area contributed by atoms with Gasteiger partial charge in [0.05, 0.1) is 5.56 Å². The van der Waals surface area contributed by atoms with E-state index < -0.39 is 23.1 Å². The predicted molar refractivity (Wildman–Crippen MR) is 66.3 cm³/mol. The number of amides is 1. The second kappa shape index (κ2) is 5.44. The van der Waals surface area contributed by atoms with E-state index in [1.54, 1.807) is 13.8 Å². The van der Waals surface area contributed by atoms with E-state index in [1.165, 1.54) is 13.0 Å². The Morgan fingerprint density at radius 2 is 1.94 bits per heavy atom. The minimum Gasteiger partial charge on any atom is -0.347 e. The van der Waals surface area contributed by atoms with Crippen molar-refractivity contribution in [3.8, 4) is 0 Å². The molecule has 0 aliphatic rings. The summed E-state index contributed by atoms with van der Waals surface area (Å²) in [6.07, 6.45) is 0.570. The molecule has 100 valence electrons. The van der Waals surface area contributed by atoms with Crippen LogP contribution in [0.4, 0.5) is 8.78 Å². The van der Waals surface area contributed by atoms with E-state index in [9.17, 15) is 13.6 Å². The second-order valence-corrected chi connectivity index (χ2v) is 4.96. The van der Waals surface area contributed by atoms with Crippen LogP contribution in [0.2, 0.25) is 0 Å². The van der Waals surface area contributed by atoms with Crippen LogP contribution < -0.4 is 11.1 Å². The zero-order chi connectivity index (χ0) is 13.9. The molecule has 0 aliphatic carbocycles. The lowest BCUT2D eigenvalue weighted by Gasteiger charge is -2.25. The highest BCUT2D eigenvalue weighted by atomic mass is 19.1. The third-order valence-corrected chi connectivity index (χ3v) is 2.71. The van der Waals surface area contributed by atoms with E-state index in [2.05, 4.69) is 5.32 Å². The SMILES string of the molecule is Cc1cc(C(=O)NC(C)(C)CCN)c(F)cc1F. The number of nitrogens with one attached hydrogen (secondary N) is 1. The molecule has 1 aromatic carbocycles.